The van der Waals surface area contributed by atoms with E-state index in [1.807, 2.05) is 24.6 Å². The molecular weight excluding hydrogens is 399 g/mol. The molecule has 0 aliphatic heterocycles. The first kappa shape index (κ1) is 21.4. The summed E-state index contributed by atoms with van der Waals surface area (Å²) in [4.78, 5) is 12.2. The number of benzene rings is 1. The van der Waals surface area contributed by atoms with E-state index >= 15 is 0 Å². The number of nitrogens with one attached hydrogen (secondary N) is 1. The van der Waals surface area contributed by atoms with Crippen LogP contribution in [0.4, 0.5) is 13.2 Å². The Morgan fingerprint density at radius 3 is 2.67 bits per heavy atom. The van der Waals surface area contributed by atoms with Gasteiger partial charge < -0.3 is 10.1 Å². The quantitative estimate of drug-likeness (QED) is 0.565. The predicted molar refractivity (Wildman–Crippen MR) is 103 cm³/mol. The van der Waals surface area contributed by atoms with Crippen LogP contribution in [0.25, 0.3) is 0 Å². The fourth-order valence-electron chi connectivity index (χ4n) is 2.88. The Kier molecular flexibility index (Phi) is 6.43. The average Bonchev–Trinajstić information content (AvgIpc) is 3.29. The maximum Gasteiger partial charge on any atom is 0.416 e. The van der Waals surface area contributed by atoms with Crippen molar-refractivity contribution in [2.24, 2.45) is 0 Å². The van der Waals surface area contributed by atoms with Gasteiger partial charge in [-0.3, -0.25) is 9.48 Å². The summed E-state index contributed by atoms with van der Waals surface area (Å²) in [5.41, 5.74) is 1.43. The van der Waals surface area contributed by atoms with E-state index in [1.165, 1.54) is 29.1 Å². The standard InChI is InChI=1S/C20H22F3N5O2/c1-14-11-15(2)28(25-14)9-4-8-24-19(29)18-7-10-27(26-18)13-30-17-6-3-5-16(12-17)20(21,22)23/h3,5-7,10-12H,4,8-9,13H2,1-2H3,(H,24,29). The first-order chi connectivity index (χ1) is 14.2. The highest BCUT2D eigenvalue weighted by molar-refractivity contribution is 5.92. The lowest BCUT2D eigenvalue weighted by Gasteiger charge is -2.10. The van der Waals surface area contributed by atoms with Crippen molar-refractivity contribution in [1.82, 2.24) is 24.9 Å². The van der Waals surface area contributed by atoms with Gasteiger partial charge in [0.15, 0.2) is 6.73 Å². The highest BCUT2D eigenvalue weighted by atomic mass is 19.4. The molecule has 0 saturated heterocycles. The van der Waals surface area contributed by atoms with Gasteiger partial charge in [-0.1, -0.05) is 6.07 Å². The van der Waals surface area contributed by atoms with Gasteiger partial charge in [-0.2, -0.15) is 23.4 Å². The summed E-state index contributed by atoms with van der Waals surface area (Å²) in [6.45, 7) is 4.95. The van der Waals surface area contributed by atoms with Gasteiger partial charge >= 0.3 is 6.18 Å². The lowest BCUT2D eigenvalue weighted by molar-refractivity contribution is -0.137. The summed E-state index contributed by atoms with van der Waals surface area (Å²) in [5, 5.41) is 11.2. The second-order valence-electron chi connectivity index (χ2n) is 6.80. The Hall–Kier alpha value is -3.30. The van der Waals surface area contributed by atoms with Crippen LogP contribution < -0.4 is 10.1 Å². The molecule has 30 heavy (non-hydrogen) atoms. The average molecular weight is 421 g/mol. The van der Waals surface area contributed by atoms with E-state index in [2.05, 4.69) is 15.5 Å². The highest BCUT2D eigenvalue weighted by Crippen LogP contribution is 2.31. The molecule has 0 aliphatic carbocycles. The second-order valence-corrected chi connectivity index (χ2v) is 6.80. The molecule has 1 amide bonds. The summed E-state index contributed by atoms with van der Waals surface area (Å²) in [5.74, 6) is -0.267. The number of amides is 1. The number of alkyl halides is 3. The number of carbonyl (C=O) groups excluding carboxylic acids is 1. The first-order valence-corrected chi connectivity index (χ1v) is 9.35. The van der Waals surface area contributed by atoms with Gasteiger partial charge in [0.1, 0.15) is 11.4 Å². The number of rotatable bonds is 8. The van der Waals surface area contributed by atoms with Crippen LogP contribution in [-0.2, 0) is 19.5 Å². The van der Waals surface area contributed by atoms with Crippen molar-refractivity contribution in [3.63, 3.8) is 0 Å². The summed E-state index contributed by atoms with van der Waals surface area (Å²) in [6.07, 6.45) is -2.20. The molecule has 0 unspecified atom stereocenters. The lowest BCUT2D eigenvalue weighted by atomic mass is 10.2. The molecule has 160 valence electrons. The predicted octanol–water partition coefficient (Wildman–Crippen LogP) is 3.57. The zero-order chi connectivity index (χ0) is 21.7. The Morgan fingerprint density at radius 2 is 1.97 bits per heavy atom. The number of halogens is 3. The maximum atomic E-state index is 12.7. The number of carbonyl (C=O) groups is 1. The van der Waals surface area contributed by atoms with E-state index in [0.29, 0.717) is 19.5 Å². The van der Waals surface area contributed by atoms with Crippen molar-refractivity contribution in [2.45, 2.75) is 39.7 Å². The van der Waals surface area contributed by atoms with Crippen LogP contribution in [0.1, 0.15) is 33.9 Å². The van der Waals surface area contributed by atoms with Gasteiger partial charge in [-0.25, -0.2) is 4.68 Å². The largest absolute Gasteiger partial charge is 0.471 e. The van der Waals surface area contributed by atoms with Crippen molar-refractivity contribution in [3.8, 4) is 5.75 Å². The molecule has 7 nitrogen and oxygen atoms in total. The molecule has 0 saturated carbocycles. The number of hydrogen-bond donors (Lipinski definition) is 1. The normalized spacial score (nSPS) is 11.5. The van der Waals surface area contributed by atoms with Crippen molar-refractivity contribution < 1.29 is 22.7 Å². The van der Waals surface area contributed by atoms with Gasteiger partial charge in [0, 0.05) is 25.0 Å². The van der Waals surface area contributed by atoms with Gasteiger partial charge in [0.05, 0.1) is 11.3 Å². The van der Waals surface area contributed by atoms with E-state index in [9.17, 15) is 18.0 Å². The summed E-state index contributed by atoms with van der Waals surface area (Å²) in [6, 6.07) is 8.10. The Balaban J connectivity index is 1.46. The minimum absolute atomic E-state index is 0.0653. The van der Waals surface area contributed by atoms with Crippen LogP contribution in [0.2, 0.25) is 0 Å². The molecule has 1 aromatic carbocycles. The molecule has 10 heteroatoms. The van der Waals surface area contributed by atoms with Crippen molar-refractivity contribution in [3.05, 3.63) is 65.2 Å². The third-order valence-corrected chi connectivity index (χ3v) is 4.33. The zero-order valence-corrected chi connectivity index (χ0v) is 16.6. The van der Waals surface area contributed by atoms with E-state index < -0.39 is 11.7 Å². The number of aromatic nitrogens is 4. The van der Waals surface area contributed by atoms with Crippen molar-refractivity contribution in [2.75, 3.05) is 6.54 Å². The molecule has 0 radical (unpaired) electrons. The van der Waals surface area contributed by atoms with Crippen molar-refractivity contribution in [1.29, 1.82) is 0 Å². The third-order valence-electron chi connectivity index (χ3n) is 4.33. The fourth-order valence-corrected chi connectivity index (χ4v) is 2.88. The molecule has 2 heterocycles. The third kappa shape index (κ3) is 5.62. The molecule has 0 bridgehead atoms. The molecule has 1 N–H and O–H groups in total. The Labute approximate surface area is 171 Å². The van der Waals surface area contributed by atoms with Crippen molar-refractivity contribution >= 4 is 5.91 Å². The number of ether oxygens (including phenoxy) is 1. The molecule has 3 rings (SSSR count). The summed E-state index contributed by atoms with van der Waals surface area (Å²) >= 11 is 0. The van der Waals surface area contributed by atoms with Gasteiger partial charge in [-0.05, 0) is 50.6 Å². The summed E-state index contributed by atoms with van der Waals surface area (Å²) in [7, 11) is 0. The van der Waals surface area contributed by atoms with Gasteiger partial charge in [0.2, 0.25) is 0 Å². The summed E-state index contributed by atoms with van der Waals surface area (Å²) < 4.78 is 46.8. The highest BCUT2D eigenvalue weighted by Gasteiger charge is 2.30. The van der Waals surface area contributed by atoms with Gasteiger partial charge in [-0.15, -0.1) is 0 Å². The Bertz CT molecular complexity index is 1010. The van der Waals surface area contributed by atoms with Crippen LogP contribution in [0.5, 0.6) is 5.75 Å². The SMILES string of the molecule is Cc1cc(C)n(CCCNC(=O)c2ccn(COc3cccc(C(F)(F)F)c3)n2)n1. The van der Waals surface area contributed by atoms with E-state index in [1.54, 1.807) is 0 Å². The number of hydrogen-bond acceptors (Lipinski definition) is 4. The van der Waals surface area contributed by atoms with Crippen LogP contribution in [0.15, 0.2) is 42.6 Å². The molecular formula is C20H22F3N5O2. The Morgan fingerprint density at radius 1 is 1.17 bits per heavy atom. The molecule has 0 spiro atoms. The molecule has 0 fully saturated rings. The topological polar surface area (TPSA) is 74.0 Å². The van der Waals surface area contributed by atoms with Crippen LogP contribution >= 0.6 is 0 Å². The monoisotopic (exact) mass is 421 g/mol. The number of aryl methyl sites for hydroxylation is 3. The van der Waals surface area contributed by atoms with E-state index in [4.69, 9.17) is 4.74 Å². The number of nitrogens with zero attached hydrogens (tertiary/aromatic N) is 4. The maximum absolute atomic E-state index is 12.7. The van der Waals surface area contributed by atoms with E-state index in [-0.39, 0.29) is 24.1 Å². The van der Waals surface area contributed by atoms with E-state index in [0.717, 1.165) is 23.5 Å². The second kappa shape index (κ2) is 9.02. The molecule has 3 aromatic rings. The molecule has 0 atom stereocenters. The van der Waals surface area contributed by atoms with Crippen LogP contribution in [0, 0.1) is 13.8 Å². The zero-order valence-electron chi connectivity index (χ0n) is 16.6. The van der Waals surface area contributed by atoms with Crippen LogP contribution in [0.3, 0.4) is 0 Å². The smallest absolute Gasteiger partial charge is 0.416 e. The molecule has 0 aliphatic rings. The van der Waals surface area contributed by atoms with Crippen LogP contribution in [-0.4, -0.2) is 32.0 Å². The first-order valence-electron chi connectivity index (χ1n) is 9.35. The minimum Gasteiger partial charge on any atom is -0.471 e. The fraction of sp³-hybridized carbons (Fsp3) is 0.350. The minimum atomic E-state index is -4.44. The lowest BCUT2D eigenvalue weighted by Crippen LogP contribution is -2.26. The van der Waals surface area contributed by atoms with Gasteiger partial charge in [0.25, 0.3) is 5.91 Å². The molecule has 2 aromatic heterocycles.